The summed E-state index contributed by atoms with van der Waals surface area (Å²) in [5.74, 6) is -0.431. The number of hydrogen-bond donors (Lipinski definition) is 1. The molecule has 1 aromatic carbocycles. The van der Waals surface area contributed by atoms with E-state index in [1.54, 1.807) is 13.0 Å². The maximum atomic E-state index is 11.1. The zero-order valence-corrected chi connectivity index (χ0v) is 8.56. The normalized spacial score (nSPS) is 9.25. The minimum atomic E-state index is -0.506. The van der Waals surface area contributed by atoms with E-state index in [0.717, 1.165) is 0 Å². The molecule has 6 nitrogen and oxygen atoms in total. The molecule has 0 saturated heterocycles. The molecule has 0 fully saturated rings. The van der Waals surface area contributed by atoms with Gasteiger partial charge in [-0.05, 0) is 18.6 Å². The van der Waals surface area contributed by atoms with E-state index in [2.05, 4.69) is 5.32 Å². The summed E-state index contributed by atoms with van der Waals surface area (Å²) in [6.45, 7) is 1.65. The van der Waals surface area contributed by atoms with Crippen LogP contribution in [-0.2, 0) is 4.79 Å². The molecule has 0 unspecified atom stereocenters. The first-order valence-corrected chi connectivity index (χ1v) is 4.46. The molecule has 0 saturated carbocycles. The molecule has 0 aliphatic carbocycles. The van der Waals surface area contributed by atoms with E-state index in [4.69, 9.17) is 5.26 Å². The molecule has 0 bridgehead atoms. The van der Waals surface area contributed by atoms with Gasteiger partial charge in [-0.25, -0.2) is 0 Å². The summed E-state index contributed by atoms with van der Waals surface area (Å²) >= 11 is 0. The van der Waals surface area contributed by atoms with Crippen LogP contribution in [0.4, 0.5) is 11.4 Å². The third-order valence-corrected chi connectivity index (χ3v) is 1.93. The van der Waals surface area contributed by atoms with Gasteiger partial charge in [-0.15, -0.1) is 0 Å². The lowest BCUT2D eigenvalue weighted by Gasteiger charge is -2.05. The molecule has 1 rings (SSSR count). The first-order chi connectivity index (χ1) is 7.54. The average Bonchev–Trinajstić information content (AvgIpc) is 2.21. The van der Waals surface area contributed by atoms with E-state index >= 15 is 0 Å². The van der Waals surface area contributed by atoms with E-state index in [-0.39, 0.29) is 12.1 Å². The smallest absolute Gasteiger partial charge is 0.269 e. The zero-order valence-electron chi connectivity index (χ0n) is 8.56. The summed E-state index contributed by atoms with van der Waals surface area (Å²) in [5, 5.41) is 21.3. The van der Waals surface area contributed by atoms with E-state index < -0.39 is 10.8 Å². The molecule has 0 aliphatic rings. The number of amides is 1. The van der Waals surface area contributed by atoms with Gasteiger partial charge in [0, 0.05) is 17.8 Å². The van der Waals surface area contributed by atoms with E-state index in [9.17, 15) is 14.9 Å². The number of nitro benzene ring substituents is 1. The van der Waals surface area contributed by atoms with Gasteiger partial charge in [0.2, 0.25) is 5.91 Å². The second-order valence-corrected chi connectivity index (χ2v) is 3.14. The van der Waals surface area contributed by atoms with Gasteiger partial charge in [0.05, 0.1) is 11.0 Å². The minimum absolute atomic E-state index is 0.0317. The number of rotatable bonds is 3. The van der Waals surface area contributed by atoms with Crippen LogP contribution in [0.1, 0.15) is 12.0 Å². The van der Waals surface area contributed by atoms with Crippen molar-refractivity contribution in [1.29, 1.82) is 5.26 Å². The van der Waals surface area contributed by atoms with Crippen LogP contribution >= 0.6 is 0 Å². The Hall–Kier alpha value is -2.42. The Morgan fingerprint density at radius 3 is 2.81 bits per heavy atom. The topological polar surface area (TPSA) is 96.0 Å². The average molecular weight is 219 g/mol. The van der Waals surface area contributed by atoms with Gasteiger partial charge in [0.15, 0.2) is 0 Å². The summed E-state index contributed by atoms with van der Waals surface area (Å²) in [4.78, 5) is 21.1. The maximum absolute atomic E-state index is 11.1. The lowest BCUT2D eigenvalue weighted by Crippen LogP contribution is -2.11. The number of aryl methyl sites for hydroxylation is 1. The van der Waals surface area contributed by atoms with Gasteiger partial charge in [-0.3, -0.25) is 14.9 Å². The number of nitrogens with zero attached hydrogens (tertiary/aromatic N) is 2. The highest BCUT2D eigenvalue weighted by Gasteiger charge is 2.09. The summed E-state index contributed by atoms with van der Waals surface area (Å²) in [6, 6.07) is 5.83. The van der Waals surface area contributed by atoms with Crippen LogP contribution in [0.5, 0.6) is 0 Å². The van der Waals surface area contributed by atoms with Gasteiger partial charge >= 0.3 is 0 Å². The van der Waals surface area contributed by atoms with Gasteiger partial charge in [0.25, 0.3) is 5.69 Å². The molecule has 0 aromatic heterocycles. The largest absolute Gasteiger partial charge is 0.325 e. The number of nitro groups is 1. The maximum Gasteiger partial charge on any atom is 0.269 e. The molecule has 0 heterocycles. The van der Waals surface area contributed by atoms with Crippen LogP contribution < -0.4 is 5.32 Å². The van der Waals surface area contributed by atoms with Gasteiger partial charge in [0.1, 0.15) is 6.42 Å². The quantitative estimate of drug-likeness (QED) is 0.618. The Morgan fingerprint density at radius 1 is 1.62 bits per heavy atom. The first-order valence-electron chi connectivity index (χ1n) is 4.46. The number of nitrogens with one attached hydrogen (secondary N) is 1. The number of hydrogen-bond acceptors (Lipinski definition) is 4. The molecule has 16 heavy (non-hydrogen) atoms. The number of carbonyl (C=O) groups is 1. The molecule has 6 heteroatoms. The summed E-state index contributed by atoms with van der Waals surface area (Å²) in [5.41, 5.74) is 1.03. The molecule has 1 aromatic rings. The predicted molar refractivity (Wildman–Crippen MR) is 56.7 cm³/mol. The Balaban J connectivity index is 2.88. The fourth-order valence-corrected chi connectivity index (χ4v) is 1.17. The van der Waals surface area contributed by atoms with Crippen molar-refractivity contribution in [2.24, 2.45) is 0 Å². The SMILES string of the molecule is Cc1cc([N+](=O)[O-])ccc1NC(=O)CC#N. The monoisotopic (exact) mass is 219 g/mol. The van der Waals surface area contributed by atoms with Crippen LogP contribution in [0.2, 0.25) is 0 Å². The van der Waals surface area contributed by atoms with Crippen molar-refractivity contribution < 1.29 is 9.72 Å². The van der Waals surface area contributed by atoms with Crippen molar-refractivity contribution in [3.8, 4) is 6.07 Å². The van der Waals surface area contributed by atoms with Crippen molar-refractivity contribution in [3.63, 3.8) is 0 Å². The Kier molecular flexibility index (Phi) is 3.56. The van der Waals surface area contributed by atoms with E-state index in [1.807, 2.05) is 0 Å². The summed E-state index contributed by atoms with van der Waals surface area (Å²) < 4.78 is 0. The lowest BCUT2D eigenvalue weighted by atomic mass is 10.2. The molecule has 0 radical (unpaired) electrons. The number of anilines is 1. The van der Waals surface area contributed by atoms with Crippen LogP contribution in [0, 0.1) is 28.4 Å². The third-order valence-electron chi connectivity index (χ3n) is 1.93. The molecule has 1 amide bonds. The first kappa shape index (κ1) is 11.7. The second-order valence-electron chi connectivity index (χ2n) is 3.14. The van der Waals surface area contributed by atoms with E-state index in [0.29, 0.717) is 11.3 Å². The highest BCUT2D eigenvalue weighted by molar-refractivity contribution is 5.92. The lowest BCUT2D eigenvalue weighted by molar-refractivity contribution is -0.384. The van der Waals surface area contributed by atoms with Crippen molar-refractivity contribution in [3.05, 3.63) is 33.9 Å². The highest BCUT2D eigenvalue weighted by atomic mass is 16.6. The van der Waals surface area contributed by atoms with Crippen molar-refractivity contribution in [2.75, 3.05) is 5.32 Å². The zero-order chi connectivity index (χ0) is 12.1. The molecule has 0 aliphatic heterocycles. The summed E-state index contributed by atoms with van der Waals surface area (Å²) in [6.07, 6.45) is -0.240. The van der Waals surface area contributed by atoms with Crippen LogP contribution in [0.25, 0.3) is 0 Å². The molecule has 0 spiro atoms. The highest BCUT2D eigenvalue weighted by Crippen LogP contribution is 2.21. The standard InChI is InChI=1S/C10H9N3O3/c1-7-6-8(13(15)16)2-3-9(7)12-10(14)4-5-11/h2-3,6H,4H2,1H3,(H,12,14). The van der Waals surface area contributed by atoms with Crippen molar-refractivity contribution in [1.82, 2.24) is 0 Å². The van der Waals surface area contributed by atoms with Crippen molar-refractivity contribution in [2.45, 2.75) is 13.3 Å². The van der Waals surface area contributed by atoms with Gasteiger partial charge < -0.3 is 5.32 Å². The number of nitriles is 1. The molecule has 82 valence electrons. The second kappa shape index (κ2) is 4.89. The summed E-state index contributed by atoms with van der Waals surface area (Å²) in [7, 11) is 0. The Labute approximate surface area is 91.6 Å². The molecule has 1 N–H and O–H groups in total. The molecular formula is C10H9N3O3. The predicted octanol–water partition coefficient (Wildman–Crippen LogP) is 1.76. The van der Waals surface area contributed by atoms with E-state index in [1.165, 1.54) is 18.2 Å². The number of benzene rings is 1. The Morgan fingerprint density at radius 2 is 2.31 bits per heavy atom. The van der Waals surface area contributed by atoms with Gasteiger partial charge in [-0.1, -0.05) is 0 Å². The fourth-order valence-electron chi connectivity index (χ4n) is 1.17. The molecular weight excluding hydrogens is 210 g/mol. The van der Waals surface area contributed by atoms with Crippen LogP contribution in [0.15, 0.2) is 18.2 Å². The number of carbonyl (C=O) groups excluding carboxylic acids is 1. The fraction of sp³-hybridized carbons (Fsp3) is 0.200. The van der Waals surface area contributed by atoms with Gasteiger partial charge in [-0.2, -0.15) is 5.26 Å². The van der Waals surface area contributed by atoms with Crippen molar-refractivity contribution >= 4 is 17.3 Å². The Bertz CT molecular complexity index is 477. The van der Waals surface area contributed by atoms with Crippen LogP contribution in [-0.4, -0.2) is 10.8 Å². The minimum Gasteiger partial charge on any atom is -0.325 e. The third kappa shape index (κ3) is 2.78. The van der Waals surface area contributed by atoms with Crippen LogP contribution in [0.3, 0.4) is 0 Å². The number of non-ortho nitro benzene ring substituents is 1. The molecule has 0 atom stereocenters.